The van der Waals surface area contributed by atoms with Gasteiger partial charge in [-0.05, 0) is 39.7 Å². The van der Waals surface area contributed by atoms with E-state index >= 15 is 4.39 Å². The van der Waals surface area contributed by atoms with Crippen LogP contribution in [0, 0.1) is 12.7 Å². The number of aromatic nitrogens is 3. The zero-order valence-corrected chi connectivity index (χ0v) is 21.1. The number of amides is 1. The molecule has 2 heterocycles. The third-order valence-electron chi connectivity index (χ3n) is 6.47. The van der Waals surface area contributed by atoms with Gasteiger partial charge < -0.3 is 20.9 Å². The average Bonchev–Trinajstić information content (AvgIpc) is 3.14. The van der Waals surface area contributed by atoms with E-state index in [-0.39, 0.29) is 22.4 Å². The predicted octanol–water partition coefficient (Wildman–Crippen LogP) is 4.38. The van der Waals surface area contributed by atoms with Crippen molar-refractivity contribution in [2.75, 3.05) is 5.73 Å². The SMILES string of the molecule is Cc1nc(C(C)c2cc(Cl)c(F)c(C(=O)N[C@H]3CCCC[C@@H]3O)c2OC(C)C)n2ccnc(N)c12. The van der Waals surface area contributed by atoms with Gasteiger partial charge in [-0.25, -0.2) is 14.4 Å². The van der Waals surface area contributed by atoms with Gasteiger partial charge in [-0.2, -0.15) is 0 Å². The number of aryl methyl sites for hydroxylation is 1. The molecule has 4 N–H and O–H groups in total. The van der Waals surface area contributed by atoms with Crippen LogP contribution in [0.4, 0.5) is 10.2 Å². The first kappa shape index (κ1) is 25.2. The summed E-state index contributed by atoms with van der Waals surface area (Å²) in [5.41, 5.74) is 7.69. The van der Waals surface area contributed by atoms with Gasteiger partial charge in [0.25, 0.3) is 5.91 Å². The van der Waals surface area contributed by atoms with Crippen molar-refractivity contribution in [2.24, 2.45) is 0 Å². The highest BCUT2D eigenvalue weighted by molar-refractivity contribution is 6.31. The van der Waals surface area contributed by atoms with E-state index in [2.05, 4.69) is 10.3 Å². The van der Waals surface area contributed by atoms with Crippen LogP contribution in [0.3, 0.4) is 0 Å². The Kier molecular flexibility index (Phi) is 7.19. The lowest BCUT2D eigenvalue weighted by Gasteiger charge is -2.29. The van der Waals surface area contributed by atoms with Gasteiger partial charge in [0.1, 0.15) is 28.5 Å². The number of hydrogen-bond acceptors (Lipinski definition) is 6. The van der Waals surface area contributed by atoms with Crippen molar-refractivity contribution in [2.45, 2.75) is 77.5 Å². The second-order valence-corrected chi connectivity index (χ2v) is 9.78. The Morgan fingerprint density at radius 3 is 2.74 bits per heavy atom. The molecule has 3 aromatic rings. The average molecular weight is 504 g/mol. The molecule has 188 valence electrons. The maximum atomic E-state index is 15.4. The highest BCUT2D eigenvalue weighted by atomic mass is 35.5. The van der Waals surface area contributed by atoms with Crippen LogP contribution < -0.4 is 15.8 Å². The molecule has 1 aliphatic rings. The number of rotatable bonds is 6. The number of nitrogens with one attached hydrogen (secondary N) is 1. The molecule has 3 atom stereocenters. The lowest BCUT2D eigenvalue weighted by molar-refractivity contribution is 0.0710. The molecule has 8 nitrogen and oxygen atoms in total. The molecule has 1 aliphatic carbocycles. The Morgan fingerprint density at radius 2 is 2.06 bits per heavy atom. The van der Waals surface area contributed by atoms with Crippen LogP contribution in [0.5, 0.6) is 5.75 Å². The minimum Gasteiger partial charge on any atom is -0.490 e. The number of aliphatic hydroxyl groups is 1. The number of halogens is 2. The highest BCUT2D eigenvalue weighted by Gasteiger charge is 2.32. The monoisotopic (exact) mass is 503 g/mol. The van der Waals surface area contributed by atoms with E-state index in [0.29, 0.717) is 41.3 Å². The third kappa shape index (κ3) is 4.79. The Balaban J connectivity index is 1.84. The molecule has 1 aromatic carbocycles. The van der Waals surface area contributed by atoms with Gasteiger partial charge in [-0.3, -0.25) is 9.20 Å². The molecule has 2 aromatic heterocycles. The van der Waals surface area contributed by atoms with Gasteiger partial charge in [0.2, 0.25) is 0 Å². The number of fused-ring (bicyclic) bond motifs is 1. The molecule has 0 spiro atoms. The number of anilines is 1. The minimum atomic E-state index is -0.862. The van der Waals surface area contributed by atoms with Crippen LogP contribution in [-0.4, -0.2) is 43.6 Å². The molecular formula is C25H31ClFN5O3. The van der Waals surface area contributed by atoms with E-state index in [1.807, 2.05) is 18.2 Å². The highest BCUT2D eigenvalue weighted by Crippen LogP contribution is 2.40. The zero-order valence-electron chi connectivity index (χ0n) is 20.3. The zero-order chi connectivity index (χ0) is 25.4. The normalized spacial score (nSPS) is 19.2. The van der Waals surface area contributed by atoms with Crippen molar-refractivity contribution in [3.8, 4) is 5.75 Å². The number of benzene rings is 1. The Morgan fingerprint density at radius 1 is 1.34 bits per heavy atom. The third-order valence-corrected chi connectivity index (χ3v) is 6.74. The van der Waals surface area contributed by atoms with Crippen LogP contribution in [-0.2, 0) is 0 Å². The number of carbonyl (C=O) groups is 1. The van der Waals surface area contributed by atoms with Crippen molar-refractivity contribution in [1.82, 2.24) is 19.7 Å². The molecule has 4 rings (SSSR count). The van der Waals surface area contributed by atoms with Crippen LogP contribution in [0.1, 0.15) is 79.8 Å². The summed E-state index contributed by atoms with van der Waals surface area (Å²) < 4.78 is 23.3. The van der Waals surface area contributed by atoms with Crippen LogP contribution in [0.15, 0.2) is 18.5 Å². The number of nitrogens with two attached hydrogens (primary N) is 1. The molecule has 1 amide bonds. The van der Waals surface area contributed by atoms with Crippen molar-refractivity contribution in [3.63, 3.8) is 0 Å². The number of ether oxygens (including phenoxy) is 1. The number of nitrogen functional groups attached to an aromatic ring is 1. The van der Waals surface area contributed by atoms with E-state index in [1.165, 1.54) is 6.07 Å². The summed E-state index contributed by atoms with van der Waals surface area (Å²) in [6.07, 6.45) is 5.29. The smallest absolute Gasteiger partial charge is 0.258 e. The molecule has 1 saturated carbocycles. The van der Waals surface area contributed by atoms with Gasteiger partial charge in [0, 0.05) is 23.9 Å². The summed E-state index contributed by atoms with van der Waals surface area (Å²) in [4.78, 5) is 22.2. The summed E-state index contributed by atoms with van der Waals surface area (Å²) >= 11 is 6.31. The molecule has 0 radical (unpaired) electrons. The quantitative estimate of drug-likeness (QED) is 0.459. The van der Waals surface area contributed by atoms with Crippen molar-refractivity contribution >= 4 is 28.8 Å². The first-order valence-electron chi connectivity index (χ1n) is 11.9. The molecule has 0 bridgehead atoms. The van der Waals surface area contributed by atoms with Gasteiger partial charge in [0.15, 0.2) is 5.82 Å². The predicted molar refractivity (Wildman–Crippen MR) is 133 cm³/mol. The molecule has 35 heavy (non-hydrogen) atoms. The Labute approximate surface area is 208 Å². The first-order chi connectivity index (χ1) is 16.6. The van der Waals surface area contributed by atoms with E-state index in [9.17, 15) is 9.90 Å². The van der Waals surface area contributed by atoms with Gasteiger partial charge >= 0.3 is 0 Å². The molecule has 1 unspecified atom stereocenters. The van der Waals surface area contributed by atoms with E-state index in [0.717, 1.165) is 12.8 Å². The molecular weight excluding hydrogens is 473 g/mol. The largest absolute Gasteiger partial charge is 0.490 e. The summed E-state index contributed by atoms with van der Waals surface area (Å²) in [6, 6.07) is 1.02. The van der Waals surface area contributed by atoms with Gasteiger partial charge in [-0.1, -0.05) is 31.4 Å². The second kappa shape index (κ2) is 9.99. The maximum Gasteiger partial charge on any atom is 0.258 e. The number of aliphatic hydroxyl groups excluding tert-OH is 1. The summed E-state index contributed by atoms with van der Waals surface area (Å²) in [5.74, 6) is -0.892. The lowest BCUT2D eigenvalue weighted by atomic mass is 9.91. The van der Waals surface area contributed by atoms with Gasteiger partial charge in [0.05, 0.1) is 29.0 Å². The number of hydrogen-bond donors (Lipinski definition) is 3. The Bertz CT molecular complexity index is 1260. The van der Waals surface area contributed by atoms with Gasteiger partial charge in [-0.15, -0.1) is 0 Å². The van der Waals surface area contributed by atoms with E-state index in [4.69, 9.17) is 27.1 Å². The van der Waals surface area contributed by atoms with E-state index < -0.39 is 29.8 Å². The molecule has 10 heteroatoms. The number of imidazole rings is 1. The number of nitrogens with zero attached hydrogens (tertiary/aromatic N) is 3. The Hall–Kier alpha value is -2.91. The fourth-order valence-corrected chi connectivity index (χ4v) is 4.96. The standard InChI is InChI=1S/C25H31ClFN5O3/c1-12(2)35-22-15(13(3)24-30-14(4)21-23(28)29-9-10-32(21)24)11-16(26)20(27)19(22)25(34)31-17-7-5-6-8-18(17)33/h9-13,17-18,33H,5-8H2,1-4H3,(H2,28,29)(H,31,34)/t13?,17-,18-/m0/s1. The minimum absolute atomic E-state index is 0.105. The second-order valence-electron chi connectivity index (χ2n) is 9.37. The van der Waals surface area contributed by atoms with Crippen LogP contribution >= 0.6 is 11.6 Å². The molecule has 0 saturated heterocycles. The van der Waals surface area contributed by atoms with Crippen LogP contribution in [0.25, 0.3) is 5.52 Å². The van der Waals surface area contributed by atoms with Crippen molar-refractivity contribution in [1.29, 1.82) is 0 Å². The molecule has 0 aliphatic heterocycles. The van der Waals surface area contributed by atoms with Crippen LogP contribution in [0.2, 0.25) is 5.02 Å². The first-order valence-corrected chi connectivity index (χ1v) is 12.2. The fraction of sp³-hybridized carbons (Fsp3) is 0.480. The summed E-state index contributed by atoms with van der Waals surface area (Å²) in [5, 5.41) is 12.9. The summed E-state index contributed by atoms with van der Waals surface area (Å²) in [6.45, 7) is 7.32. The van der Waals surface area contributed by atoms with E-state index in [1.54, 1.807) is 26.2 Å². The maximum absolute atomic E-state index is 15.4. The number of carbonyl (C=O) groups excluding carboxylic acids is 1. The van der Waals surface area contributed by atoms with Crippen molar-refractivity contribution in [3.05, 3.63) is 51.9 Å². The van der Waals surface area contributed by atoms with Crippen molar-refractivity contribution < 1.29 is 19.0 Å². The lowest BCUT2D eigenvalue weighted by Crippen LogP contribution is -2.45. The topological polar surface area (TPSA) is 115 Å². The fourth-order valence-electron chi connectivity index (χ4n) is 4.75. The molecule has 1 fully saturated rings. The summed E-state index contributed by atoms with van der Waals surface area (Å²) in [7, 11) is 0.